The Morgan fingerprint density at radius 1 is 1.29 bits per heavy atom. The molecule has 0 radical (unpaired) electrons. The summed E-state index contributed by atoms with van der Waals surface area (Å²) in [6.45, 7) is 0.334. The van der Waals surface area contributed by atoms with E-state index in [1.54, 1.807) is 24.3 Å². The van der Waals surface area contributed by atoms with E-state index in [1.165, 1.54) is 0 Å². The average molecular weight is 241 g/mol. The van der Waals surface area contributed by atoms with Gasteiger partial charge in [0.25, 0.3) is 0 Å². The Balaban J connectivity index is 2.37. The number of aromatic nitrogens is 2. The van der Waals surface area contributed by atoms with Crippen LogP contribution >= 0.6 is 0 Å². The van der Waals surface area contributed by atoms with Crippen molar-refractivity contribution in [1.29, 1.82) is 0 Å². The first-order valence-electron chi connectivity index (χ1n) is 4.92. The molecule has 0 bridgehead atoms. The largest absolute Gasteiger partial charge is 0.432 e. The lowest BCUT2D eigenvalue weighted by Crippen LogP contribution is -2.04. The molecule has 0 unspecified atom stereocenters. The van der Waals surface area contributed by atoms with E-state index in [4.69, 9.17) is 5.73 Å². The molecule has 3 nitrogen and oxygen atoms in total. The first kappa shape index (κ1) is 11.7. The number of H-pyrrole nitrogens is 1. The van der Waals surface area contributed by atoms with Gasteiger partial charge in [-0.1, -0.05) is 18.2 Å². The summed E-state index contributed by atoms with van der Waals surface area (Å²) in [5, 5.41) is 0. The fraction of sp³-hybridized carbons (Fsp3) is 0.182. The van der Waals surface area contributed by atoms with E-state index in [2.05, 4.69) is 9.97 Å². The summed E-state index contributed by atoms with van der Waals surface area (Å²) in [5.41, 5.74) is 6.03. The number of alkyl halides is 3. The van der Waals surface area contributed by atoms with E-state index in [-0.39, 0.29) is 5.82 Å². The number of rotatable bonds is 2. The molecule has 90 valence electrons. The zero-order valence-corrected chi connectivity index (χ0v) is 8.75. The molecule has 1 heterocycles. The first-order chi connectivity index (χ1) is 8.00. The van der Waals surface area contributed by atoms with Crippen LogP contribution in [0.3, 0.4) is 0 Å². The van der Waals surface area contributed by atoms with Gasteiger partial charge in [0, 0.05) is 12.1 Å². The van der Waals surface area contributed by atoms with Crippen molar-refractivity contribution in [3.8, 4) is 11.4 Å². The third-order valence-corrected chi connectivity index (χ3v) is 2.32. The van der Waals surface area contributed by atoms with E-state index in [9.17, 15) is 13.2 Å². The molecule has 0 saturated heterocycles. The molecule has 0 saturated carbocycles. The Hall–Kier alpha value is -1.82. The van der Waals surface area contributed by atoms with E-state index in [0.29, 0.717) is 12.1 Å². The van der Waals surface area contributed by atoms with Crippen LogP contribution in [0.1, 0.15) is 11.3 Å². The molecule has 3 N–H and O–H groups in total. The molecular formula is C11H10F3N3. The molecular weight excluding hydrogens is 231 g/mol. The lowest BCUT2D eigenvalue weighted by Gasteiger charge is -2.02. The molecule has 0 aliphatic rings. The SMILES string of the molecule is NCc1cccc(-c2ncc(C(F)(F)F)[nH]2)c1. The Morgan fingerprint density at radius 2 is 2.06 bits per heavy atom. The highest BCUT2D eigenvalue weighted by atomic mass is 19.4. The van der Waals surface area contributed by atoms with Gasteiger partial charge >= 0.3 is 6.18 Å². The molecule has 1 aromatic carbocycles. The number of hydrogen-bond donors (Lipinski definition) is 2. The maximum absolute atomic E-state index is 12.4. The van der Waals surface area contributed by atoms with Crippen molar-refractivity contribution < 1.29 is 13.2 Å². The number of nitrogens with one attached hydrogen (secondary N) is 1. The van der Waals surface area contributed by atoms with Gasteiger partial charge in [-0.2, -0.15) is 13.2 Å². The summed E-state index contributed by atoms with van der Waals surface area (Å²) in [6, 6.07) is 6.92. The molecule has 0 aliphatic heterocycles. The van der Waals surface area contributed by atoms with Crippen molar-refractivity contribution in [1.82, 2.24) is 9.97 Å². The van der Waals surface area contributed by atoms with Gasteiger partial charge in [-0.15, -0.1) is 0 Å². The van der Waals surface area contributed by atoms with Crippen molar-refractivity contribution in [2.24, 2.45) is 5.73 Å². The van der Waals surface area contributed by atoms with Crippen LogP contribution in [-0.2, 0) is 12.7 Å². The Labute approximate surface area is 95.5 Å². The standard InChI is InChI=1S/C11H10F3N3/c12-11(13,14)9-6-16-10(17-9)8-3-1-2-7(4-8)5-15/h1-4,6H,5,15H2,(H,16,17). The molecule has 1 aromatic heterocycles. The highest BCUT2D eigenvalue weighted by molar-refractivity contribution is 5.56. The lowest BCUT2D eigenvalue weighted by molar-refractivity contribution is -0.140. The van der Waals surface area contributed by atoms with E-state index in [0.717, 1.165) is 11.8 Å². The highest BCUT2D eigenvalue weighted by Crippen LogP contribution is 2.29. The van der Waals surface area contributed by atoms with Gasteiger partial charge in [0.2, 0.25) is 0 Å². The minimum absolute atomic E-state index is 0.188. The van der Waals surface area contributed by atoms with Gasteiger partial charge in [0.1, 0.15) is 11.5 Å². The van der Waals surface area contributed by atoms with Crippen molar-refractivity contribution in [3.63, 3.8) is 0 Å². The van der Waals surface area contributed by atoms with E-state index >= 15 is 0 Å². The Bertz CT molecular complexity index is 517. The van der Waals surface area contributed by atoms with Crippen molar-refractivity contribution in [2.45, 2.75) is 12.7 Å². The number of halogens is 3. The molecule has 0 amide bonds. The second-order valence-corrected chi connectivity index (χ2v) is 3.55. The number of imidazole rings is 1. The van der Waals surface area contributed by atoms with E-state index < -0.39 is 11.9 Å². The quantitative estimate of drug-likeness (QED) is 0.848. The maximum atomic E-state index is 12.4. The number of aromatic amines is 1. The molecule has 6 heteroatoms. The Morgan fingerprint density at radius 3 is 2.65 bits per heavy atom. The number of benzene rings is 1. The van der Waals surface area contributed by atoms with Crippen LogP contribution in [0.5, 0.6) is 0 Å². The summed E-state index contributed by atoms with van der Waals surface area (Å²) < 4.78 is 37.1. The number of nitrogens with two attached hydrogens (primary N) is 1. The van der Waals surface area contributed by atoms with Gasteiger partial charge in [0.05, 0.1) is 6.20 Å². The molecule has 0 spiro atoms. The normalized spacial score (nSPS) is 11.8. The molecule has 0 fully saturated rings. The minimum atomic E-state index is -4.41. The second-order valence-electron chi connectivity index (χ2n) is 3.55. The van der Waals surface area contributed by atoms with E-state index in [1.807, 2.05) is 0 Å². The lowest BCUT2D eigenvalue weighted by atomic mass is 10.1. The fourth-order valence-corrected chi connectivity index (χ4v) is 1.46. The van der Waals surface area contributed by atoms with Crippen LogP contribution in [0, 0.1) is 0 Å². The zero-order valence-electron chi connectivity index (χ0n) is 8.75. The van der Waals surface area contributed by atoms with Crippen LogP contribution in [0.2, 0.25) is 0 Å². The fourth-order valence-electron chi connectivity index (χ4n) is 1.46. The third-order valence-electron chi connectivity index (χ3n) is 2.32. The van der Waals surface area contributed by atoms with Gasteiger partial charge in [-0.3, -0.25) is 0 Å². The Kier molecular flexibility index (Phi) is 2.89. The van der Waals surface area contributed by atoms with Crippen LogP contribution in [0.25, 0.3) is 11.4 Å². The van der Waals surface area contributed by atoms with Gasteiger partial charge in [-0.25, -0.2) is 4.98 Å². The van der Waals surface area contributed by atoms with Crippen LogP contribution in [-0.4, -0.2) is 9.97 Å². The van der Waals surface area contributed by atoms with Gasteiger partial charge < -0.3 is 10.7 Å². The smallest absolute Gasteiger partial charge is 0.334 e. The summed E-state index contributed by atoms with van der Waals surface area (Å²) in [6.07, 6.45) is -3.62. The predicted octanol–water partition coefficient (Wildman–Crippen LogP) is 2.55. The summed E-state index contributed by atoms with van der Waals surface area (Å²) in [7, 11) is 0. The topological polar surface area (TPSA) is 54.7 Å². The van der Waals surface area contributed by atoms with Crippen molar-refractivity contribution in [2.75, 3.05) is 0 Å². The second kappa shape index (κ2) is 4.21. The predicted molar refractivity (Wildman–Crippen MR) is 56.9 cm³/mol. The van der Waals surface area contributed by atoms with Crippen LogP contribution in [0.4, 0.5) is 13.2 Å². The number of nitrogens with zero attached hydrogens (tertiary/aromatic N) is 1. The molecule has 0 atom stereocenters. The summed E-state index contributed by atoms with van der Waals surface area (Å²) in [4.78, 5) is 5.96. The van der Waals surface area contributed by atoms with Crippen molar-refractivity contribution >= 4 is 0 Å². The third kappa shape index (κ3) is 2.47. The maximum Gasteiger partial charge on any atom is 0.432 e. The molecule has 2 aromatic rings. The highest BCUT2D eigenvalue weighted by Gasteiger charge is 2.33. The summed E-state index contributed by atoms with van der Waals surface area (Å²) >= 11 is 0. The zero-order chi connectivity index (χ0) is 12.5. The van der Waals surface area contributed by atoms with Crippen LogP contribution in [0.15, 0.2) is 30.5 Å². The molecule has 0 aliphatic carbocycles. The number of hydrogen-bond acceptors (Lipinski definition) is 2. The molecule has 2 rings (SSSR count). The molecule has 17 heavy (non-hydrogen) atoms. The average Bonchev–Trinajstić information content (AvgIpc) is 2.78. The monoisotopic (exact) mass is 241 g/mol. The minimum Gasteiger partial charge on any atom is -0.334 e. The van der Waals surface area contributed by atoms with Gasteiger partial charge in [0.15, 0.2) is 0 Å². The first-order valence-corrected chi connectivity index (χ1v) is 4.92. The van der Waals surface area contributed by atoms with Gasteiger partial charge in [-0.05, 0) is 11.6 Å². The summed E-state index contributed by atoms with van der Waals surface area (Å²) in [5.74, 6) is 0.188. The van der Waals surface area contributed by atoms with Crippen molar-refractivity contribution in [3.05, 3.63) is 41.7 Å². The van der Waals surface area contributed by atoms with Crippen LogP contribution < -0.4 is 5.73 Å².